The average Bonchev–Trinajstić information content (AvgIpc) is 3.24. The van der Waals surface area contributed by atoms with Crippen molar-refractivity contribution in [2.24, 2.45) is 5.41 Å². The molecule has 14 heteroatoms. The van der Waals surface area contributed by atoms with Crippen LogP contribution in [-0.2, 0) is 19.1 Å². The second-order valence-corrected chi connectivity index (χ2v) is 18.9. The number of amides is 2. The van der Waals surface area contributed by atoms with Gasteiger partial charge in [0.15, 0.2) is 0 Å². The summed E-state index contributed by atoms with van der Waals surface area (Å²) in [7, 11) is 0. The van der Waals surface area contributed by atoms with Gasteiger partial charge in [0.2, 0.25) is 0 Å². The molecule has 0 bridgehead atoms. The highest BCUT2D eigenvalue weighted by atomic mass is 32.2. The molecule has 2 saturated heterocycles. The highest BCUT2D eigenvalue weighted by molar-refractivity contribution is 7.99. The standard InChI is InChI=1S/C44H64N6O6S2/c1-4-26-57-41-34(39(52)45-31-14-8-6-9-15-31)19-21-36(47-41)49-24-12-18-33(28-49)55-29-38(51)56-43(54)44(3)23-13-25-50(30-44)37-22-20-35(42(48-37)58-27-5-2)40(53)46-32-16-10-7-11-17-32/h19-22,31-33H,4-18,23-30H2,1-3H3,(H,45,52)(H,46,53). The van der Waals surface area contributed by atoms with Gasteiger partial charge in [-0.2, -0.15) is 0 Å². The minimum absolute atomic E-state index is 0.0519. The van der Waals surface area contributed by atoms with Gasteiger partial charge in [0.25, 0.3) is 11.8 Å². The summed E-state index contributed by atoms with van der Waals surface area (Å²) in [6.07, 6.45) is 15.8. The van der Waals surface area contributed by atoms with Crippen molar-refractivity contribution < 1.29 is 28.7 Å². The number of esters is 2. The van der Waals surface area contributed by atoms with Crippen LogP contribution >= 0.6 is 23.5 Å². The molecule has 2 aliphatic heterocycles. The normalized spacial score (nSPS) is 22.0. The number of carbonyl (C=O) groups is 4. The number of hydrogen-bond acceptors (Lipinski definition) is 12. The Hall–Kier alpha value is -3.36. The van der Waals surface area contributed by atoms with Crippen LogP contribution in [0.4, 0.5) is 11.6 Å². The fraction of sp³-hybridized carbons (Fsp3) is 0.682. The van der Waals surface area contributed by atoms with E-state index in [2.05, 4.69) is 34.3 Å². The van der Waals surface area contributed by atoms with Crippen LogP contribution in [0.3, 0.4) is 0 Å². The topological polar surface area (TPSA) is 143 Å². The number of nitrogens with zero attached hydrogens (tertiary/aromatic N) is 4. The fourth-order valence-corrected chi connectivity index (χ4v) is 10.3. The van der Waals surface area contributed by atoms with Crippen molar-refractivity contribution in [3.05, 3.63) is 35.4 Å². The van der Waals surface area contributed by atoms with E-state index in [4.69, 9.17) is 19.4 Å². The van der Waals surface area contributed by atoms with Gasteiger partial charge in [-0.05, 0) is 107 Å². The van der Waals surface area contributed by atoms with E-state index in [0.29, 0.717) is 48.0 Å². The van der Waals surface area contributed by atoms with Crippen LogP contribution in [0, 0.1) is 5.41 Å². The van der Waals surface area contributed by atoms with Gasteiger partial charge in [0.1, 0.15) is 28.3 Å². The number of rotatable bonds is 16. The predicted molar refractivity (Wildman–Crippen MR) is 231 cm³/mol. The number of anilines is 2. The Bertz CT molecular complexity index is 1720. The zero-order valence-electron chi connectivity index (χ0n) is 34.9. The molecule has 0 aromatic carbocycles. The zero-order chi connectivity index (χ0) is 40.9. The van der Waals surface area contributed by atoms with E-state index in [1.54, 1.807) is 23.5 Å². The first-order valence-electron chi connectivity index (χ1n) is 21.9. The number of nitrogens with one attached hydrogen (secondary N) is 2. The molecular formula is C44H64N6O6S2. The Morgan fingerprint density at radius 1 is 0.724 bits per heavy atom. The summed E-state index contributed by atoms with van der Waals surface area (Å²) in [5.41, 5.74) is 0.306. The average molecular weight is 837 g/mol. The predicted octanol–water partition coefficient (Wildman–Crippen LogP) is 7.97. The maximum absolute atomic E-state index is 13.6. The summed E-state index contributed by atoms with van der Waals surface area (Å²) in [5.74, 6) is 1.83. The molecule has 2 N–H and O–H groups in total. The van der Waals surface area contributed by atoms with Crippen LogP contribution in [0.1, 0.15) is 144 Å². The van der Waals surface area contributed by atoms with E-state index in [1.165, 1.54) is 12.8 Å². The summed E-state index contributed by atoms with van der Waals surface area (Å²) < 4.78 is 11.5. The van der Waals surface area contributed by atoms with Crippen LogP contribution in [0.5, 0.6) is 0 Å². The highest BCUT2D eigenvalue weighted by Crippen LogP contribution is 2.35. The number of aromatic nitrogens is 2. The molecule has 2 aromatic heterocycles. The Labute approximate surface area is 353 Å². The molecule has 0 radical (unpaired) electrons. The van der Waals surface area contributed by atoms with Crippen LogP contribution < -0.4 is 20.4 Å². The first-order chi connectivity index (χ1) is 28.2. The number of pyridine rings is 2. The van der Waals surface area contributed by atoms with Gasteiger partial charge in [0.05, 0.1) is 22.6 Å². The lowest BCUT2D eigenvalue weighted by Gasteiger charge is -2.39. The Kier molecular flexibility index (Phi) is 16.6. The zero-order valence-corrected chi connectivity index (χ0v) is 36.5. The van der Waals surface area contributed by atoms with Crippen LogP contribution in [0.2, 0.25) is 0 Å². The molecule has 2 aliphatic carbocycles. The quantitative estimate of drug-likeness (QED) is 0.0962. The lowest BCUT2D eigenvalue weighted by atomic mass is 9.82. The van der Waals surface area contributed by atoms with E-state index in [1.807, 2.05) is 31.2 Å². The molecule has 2 unspecified atom stereocenters. The van der Waals surface area contributed by atoms with Gasteiger partial charge in [-0.1, -0.05) is 52.4 Å². The summed E-state index contributed by atoms with van der Waals surface area (Å²) in [4.78, 5) is 67.4. The molecule has 12 nitrogen and oxygen atoms in total. The molecule has 2 atom stereocenters. The van der Waals surface area contributed by atoms with Gasteiger partial charge >= 0.3 is 11.9 Å². The van der Waals surface area contributed by atoms with Crippen molar-refractivity contribution in [2.75, 3.05) is 54.1 Å². The van der Waals surface area contributed by atoms with Gasteiger partial charge in [0, 0.05) is 38.3 Å². The molecule has 2 saturated carbocycles. The van der Waals surface area contributed by atoms with Crippen molar-refractivity contribution >= 4 is 58.9 Å². The molecule has 0 spiro atoms. The monoisotopic (exact) mass is 836 g/mol. The summed E-state index contributed by atoms with van der Waals surface area (Å²) in [5, 5.41) is 7.93. The smallest absolute Gasteiger partial charge is 0.339 e. The SMILES string of the molecule is CCCSc1nc(N2CCCC(OCC(=O)OC(=O)C3(C)CCCN(c4ccc(C(=O)NC5CCCCC5)c(SCCC)n4)C3)C2)ccc1C(=O)NC1CCCCC1. The van der Waals surface area contributed by atoms with E-state index in [0.717, 1.165) is 112 Å². The van der Waals surface area contributed by atoms with E-state index < -0.39 is 17.4 Å². The maximum Gasteiger partial charge on any atom is 0.339 e. The highest BCUT2D eigenvalue weighted by Gasteiger charge is 2.41. The van der Waals surface area contributed by atoms with Gasteiger partial charge in [-0.3, -0.25) is 14.4 Å². The lowest BCUT2D eigenvalue weighted by Crippen LogP contribution is -2.48. The van der Waals surface area contributed by atoms with E-state index >= 15 is 0 Å². The fourth-order valence-electron chi connectivity index (χ4n) is 8.52. The van der Waals surface area contributed by atoms with Crippen LogP contribution in [-0.4, -0.2) is 96.2 Å². The Morgan fingerprint density at radius 2 is 1.26 bits per heavy atom. The van der Waals surface area contributed by atoms with Crippen LogP contribution in [0.25, 0.3) is 0 Å². The minimum atomic E-state index is -0.913. The number of carbonyl (C=O) groups excluding carboxylic acids is 4. The summed E-state index contributed by atoms with van der Waals surface area (Å²) in [6, 6.07) is 7.98. The lowest BCUT2D eigenvalue weighted by molar-refractivity contribution is -0.171. The van der Waals surface area contributed by atoms with Gasteiger partial charge in [-0.25, -0.2) is 14.8 Å². The van der Waals surface area contributed by atoms with Crippen molar-refractivity contribution in [3.8, 4) is 0 Å². The molecule has 4 fully saturated rings. The Balaban J connectivity index is 1.02. The van der Waals surface area contributed by atoms with E-state index in [-0.39, 0.29) is 36.6 Å². The summed E-state index contributed by atoms with van der Waals surface area (Å²) >= 11 is 3.20. The molecule has 58 heavy (non-hydrogen) atoms. The number of hydrogen-bond donors (Lipinski definition) is 2. The molecule has 318 valence electrons. The first-order valence-corrected chi connectivity index (χ1v) is 23.9. The second-order valence-electron chi connectivity index (χ2n) is 16.7. The second kappa shape index (κ2) is 21.8. The molecule has 2 amide bonds. The molecule has 2 aromatic rings. The number of thioether (sulfide) groups is 2. The van der Waals surface area contributed by atoms with E-state index in [9.17, 15) is 19.2 Å². The van der Waals surface area contributed by atoms with Crippen molar-refractivity contribution in [2.45, 2.75) is 152 Å². The van der Waals surface area contributed by atoms with Crippen molar-refractivity contribution in [1.29, 1.82) is 0 Å². The van der Waals surface area contributed by atoms with Crippen molar-refractivity contribution in [1.82, 2.24) is 20.6 Å². The first kappa shape index (κ1) is 44.2. The number of piperidine rings is 2. The Morgan fingerprint density at radius 3 is 1.81 bits per heavy atom. The number of ether oxygens (including phenoxy) is 2. The largest absolute Gasteiger partial charge is 0.391 e. The molecule has 4 heterocycles. The molecule has 6 rings (SSSR count). The van der Waals surface area contributed by atoms with Crippen LogP contribution in [0.15, 0.2) is 34.3 Å². The third-order valence-electron chi connectivity index (χ3n) is 11.8. The molecular weight excluding hydrogens is 773 g/mol. The van der Waals surface area contributed by atoms with Gasteiger partial charge in [-0.15, -0.1) is 23.5 Å². The maximum atomic E-state index is 13.6. The van der Waals surface area contributed by atoms with Crippen molar-refractivity contribution in [3.63, 3.8) is 0 Å². The third-order valence-corrected chi connectivity index (χ3v) is 14.2. The van der Waals surface area contributed by atoms with Gasteiger partial charge < -0.3 is 29.9 Å². The third kappa shape index (κ3) is 12.1. The molecule has 4 aliphatic rings. The minimum Gasteiger partial charge on any atom is -0.391 e. The summed E-state index contributed by atoms with van der Waals surface area (Å²) in [6.45, 7) is 8.15.